The van der Waals surface area contributed by atoms with Crippen LogP contribution in [0.3, 0.4) is 0 Å². The Hall–Kier alpha value is -2.00. The third kappa shape index (κ3) is 4.52. The fraction of sp³-hybridized carbons (Fsp3) is 0.316. The topological polar surface area (TPSA) is 54.5 Å². The Kier molecular flexibility index (Phi) is 6.34. The predicted octanol–water partition coefficient (Wildman–Crippen LogP) is 4.14. The van der Waals surface area contributed by atoms with Crippen LogP contribution in [0.1, 0.15) is 27.6 Å². The first-order chi connectivity index (χ1) is 13.3. The highest BCUT2D eigenvalue weighted by molar-refractivity contribution is 7.99. The summed E-state index contributed by atoms with van der Waals surface area (Å²) in [6, 6.07) is 11.7. The van der Waals surface area contributed by atoms with Crippen molar-refractivity contribution < 1.29 is 26.4 Å². The summed E-state index contributed by atoms with van der Waals surface area (Å²) in [5, 5.41) is -1.04. The summed E-state index contributed by atoms with van der Waals surface area (Å²) in [6.07, 6.45) is 0.0408. The van der Waals surface area contributed by atoms with Gasteiger partial charge in [0.15, 0.2) is 9.84 Å². The van der Waals surface area contributed by atoms with Gasteiger partial charge in [0.2, 0.25) is 0 Å². The number of benzene rings is 2. The molecule has 1 aliphatic heterocycles. The molecule has 0 aromatic heterocycles. The molecule has 1 atom stereocenters. The Morgan fingerprint density at radius 1 is 1.07 bits per heavy atom. The standard InChI is InChI=1S/C19H18F3NO3S2/c20-15-7-3-1-5-13(15)17-9-10-23(11-12-28(17,25)26)18(24)14-6-2-4-8-16(14)27-19(21)22/h1-8,17,19H,9-12H2. The third-order valence-electron chi connectivity index (χ3n) is 4.61. The number of nitrogens with zero attached hydrogens (tertiary/aromatic N) is 1. The fourth-order valence-electron chi connectivity index (χ4n) is 3.24. The number of halogens is 3. The van der Waals surface area contributed by atoms with Gasteiger partial charge in [0.05, 0.1) is 16.6 Å². The van der Waals surface area contributed by atoms with Crippen molar-refractivity contribution in [1.29, 1.82) is 0 Å². The zero-order chi connectivity index (χ0) is 20.3. The van der Waals surface area contributed by atoms with Gasteiger partial charge in [-0.1, -0.05) is 42.1 Å². The molecule has 1 heterocycles. The van der Waals surface area contributed by atoms with Crippen LogP contribution in [-0.2, 0) is 9.84 Å². The molecule has 1 fully saturated rings. The third-order valence-corrected chi connectivity index (χ3v) is 7.51. The van der Waals surface area contributed by atoms with Crippen molar-refractivity contribution in [3.05, 3.63) is 65.5 Å². The highest BCUT2D eigenvalue weighted by atomic mass is 32.2. The average molecular weight is 429 g/mol. The molecule has 0 spiro atoms. The quantitative estimate of drug-likeness (QED) is 0.686. The molecule has 1 amide bonds. The predicted molar refractivity (Wildman–Crippen MR) is 102 cm³/mol. The Morgan fingerprint density at radius 3 is 2.46 bits per heavy atom. The smallest absolute Gasteiger partial charge is 0.288 e. The van der Waals surface area contributed by atoms with Crippen LogP contribution in [0.25, 0.3) is 0 Å². The van der Waals surface area contributed by atoms with E-state index in [4.69, 9.17) is 0 Å². The Morgan fingerprint density at radius 2 is 1.75 bits per heavy atom. The molecule has 9 heteroatoms. The number of carbonyl (C=O) groups excluding carboxylic acids is 1. The van der Waals surface area contributed by atoms with Crippen molar-refractivity contribution in [2.24, 2.45) is 0 Å². The molecular weight excluding hydrogens is 411 g/mol. The van der Waals surface area contributed by atoms with Crippen molar-refractivity contribution in [3.8, 4) is 0 Å². The van der Waals surface area contributed by atoms with Gasteiger partial charge in [-0.05, 0) is 24.6 Å². The molecule has 150 valence electrons. The molecule has 4 nitrogen and oxygen atoms in total. The first-order valence-corrected chi connectivity index (χ1v) is 11.2. The second kappa shape index (κ2) is 8.57. The number of amides is 1. The molecule has 2 aromatic carbocycles. The number of sulfone groups is 1. The molecule has 28 heavy (non-hydrogen) atoms. The minimum atomic E-state index is -3.67. The van der Waals surface area contributed by atoms with Crippen LogP contribution in [0.4, 0.5) is 13.2 Å². The van der Waals surface area contributed by atoms with Crippen LogP contribution in [0, 0.1) is 5.82 Å². The van der Waals surface area contributed by atoms with Crippen molar-refractivity contribution in [3.63, 3.8) is 0 Å². The molecule has 3 rings (SSSR count). The van der Waals surface area contributed by atoms with Crippen LogP contribution in [0.15, 0.2) is 53.4 Å². The van der Waals surface area contributed by atoms with Crippen molar-refractivity contribution >= 4 is 27.5 Å². The Labute approximate surface area is 165 Å². The lowest BCUT2D eigenvalue weighted by Gasteiger charge is -2.21. The zero-order valence-corrected chi connectivity index (χ0v) is 16.4. The summed E-state index contributed by atoms with van der Waals surface area (Å²) >= 11 is 0.273. The molecule has 0 aliphatic carbocycles. The van der Waals surface area contributed by atoms with E-state index in [1.54, 1.807) is 18.2 Å². The molecule has 0 radical (unpaired) electrons. The molecule has 0 N–H and O–H groups in total. The minimum Gasteiger partial charge on any atom is -0.338 e. The molecule has 2 aromatic rings. The molecule has 1 aliphatic rings. The molecule has 0 saturated carbocycles. The summed E-state index contributed by atoms with van der Waals surface area (Å²) in [7, 11) is -3.67. The van der Waals surface area contributed by atoms with E-state index in [9.17, 15) is 26.4 Å². The molecule has 1 saturated heterocycles. The number of rotatable bonds is 4. The van der Waals surface area contributed by atoms with Crippen LogP contribution in [0.2, 0.25) is 0 Å². The number of hydrogen-bond donors (Lipinski definition) is 0. The van der Waals surface area contributed by atoms with E-state index < -0.39 is 32.6 Å². The van der Waals surface area contributed by atoms with Gasteiger partial charge in [0.1, 0.15) is 5.82 Å². The highest BCUT2D eigenvalue weighted by Gasteiger charge is 2.34. The largest absolute Gasteiger partial charge is 0.338 e. The van der Waals surface area contributed by atoms with Gasteiger partial charge >= 0.3 is 0 Å². The number of thioether (sulfide) groups is 1. The monoisotopic (exact) mass is 429 g/mol. The minimum absolute atomic E-state index is 0.0408. The van der Waals surface area contributed by atoms with Gasteiger partial charge in [-0.3, -0.25) is 4.79 Å². The normalized spacial score (nSPS) is 19.4. The fourth-order valence-corrected chi connectivity index (χ4v) is 5.68. The van der Waals surface area contributed by atoms with E-state index >= 15 is 0 Å². The highest BCUT2D eigenvalue weighted by Crippen LogP contribution is 2.33. The maximum Gasteiger partial charge on any atom is 0.288 e. The van der Waals surface area contributed by atoms with E-state index in [1.807, 2.05) is 0 Å². The first kappa shape index (κ1) is 20.7. The van der Waals surface area contributed by atoms with Crippen LogP contribution in [-0.4, -0.2) is 43.8 Å². The van der Waals surface area contributed by atoms with E-state index in [-0.39, 0.29) is 53.0 Å². The maximum atomic E-state index is 14.1. The Bertz CT molecular complexity index is 966. The van der Waals surface area contributed by atoms with Gasteiger partial charge in [-0.25, -0.2) is 12.8 Å². The van der Waals surface area contributed by atoms with Crippen molar-refractivity contribution in [2.75, 3.05) is 18.8 Å². The SMILES string of the molecule is O=C(c1ccccc1SC(F)F)N1CCC(c2ccccc2F)S(=O)(=O)CC1. The van der Waals surface area contributed by atoms with Gasteiger partial charge in [0.25, 0.3) is 11.7 Å². The Balaban J connectivity index is 1.85. The number of carbonyl (C=O) groups is 1. The first-order valence-electron chi connectivity index (χ1n) is 8.58. The average Bonchev–Trinajstić information content (AvgIpc) is 2.80. The van der Waals surface area contributed by atoms with E-state index in [1.165, 1.54) is 35.2 Å². The van der Waals surface area contributed by atoms with Crippen LogP contribution in [0.5, 0.6) is 0 Å². The summed E-state index contributed by atoms with van der Waals surface area (Å²) in [4.78, 5) is 14.4. The van der Waals surface area contributed by atoms with Crippen LogP contribution < -0.4 is 0 Å². The lowest BCUT2D eigenvalue weighted by molar-refractivity contribution is 0.0763. The summed E-state index contributed by atoms with van der Waals surface area (Å²) < 4.78 is 65.0. The molecule has 1 unspecified atom stereocenters. The van der Waals surface area contributed by atoms with Gasteiger partial charge < -0.3 is 4.90 Å². The second-order valence-corrected chi connectivity index (χ2v) is 9.67. The lowest BCUT2D eigenvalue weighted by atomic mass is 10.1. The van der Waals surface area contributed by atoms with Gasteiger partial charge in [0, 0.05) is 23.5 Å². The van der Waals surface area contributed by atoms with E-state index in [2.05, 4.69) is 0 Å². The summed E-state index contributed by atoms with van der Waals surface area (Å²) in [5.74, 6) is -4.10. The second-order valence-electron chi connectivity index (χ2n) is 6.33. The number of alkyl halides is 2. The van der Waals surface area contributed by atoms with Crippen molar-refractivity contribution in [2.45, 2.75) is 22.3 Å². The summed E-state index contributed by atoms with van der Waals surface area (Å²) in [6.45, 7) is 0.0184. The summed E-state index contributed by atoms with van der Waals surface area (Å²) in [5.41, 5.74) is 0.194. The molecule has 0 bridgehead atoms. The van der Waals surface area contributed by atoms with Crippen LogP contribution >= 0.6 is 11.8 Å². The van der Waals surface area contributed by atoms with E-state index in [0.717, 1.165) is 0 Å². The van der Waals surface area contributed by atoms with Gasteiger partial charge in [-0.2, -0.15) is 8.78 Å². The zero-order valence-electron chi connectivity index (χ0n) is 14.7. The van der Waals surface area contributed by atoms with Gasteiger partial charge in [-0.15, -0.1) is 0 Å². The number of hydrogen-bond acceptors (Lipinski definition) is 4. The van der Waals surface area contributed by atoms with Crippen molar-refractivity contribution in [1.82, 2.24) is 4.90 Å². The van der Waals surface area contributed by atoms with E-state index in [0.29, 0.717) is 0 Å². The maximum absolute atomic E-state index is 14.1. The molecular formula is C19H18F3NO3S2. The lowest BCUT2D eigenvalue weighted by Crippen LogP contribution is -2.34.